The first-order chi connectivity index (χ1) is 9.63. The van der Waals surface area contributed by atoms with Crippen LogP contribution in [0.15, 0.2) is 23.7 Å². The molecule has 0 saturated heterocycles. The van der Waals surface area contributed by atoms with Gasteiger partial charge in [0.2, 0.25) is 0 Å². The highest BCUT2D eigenvalue weighted by Crippen LogP contribution is 2.29. The van der Waals surface area contributed by atoms with Crippen molar-refractivity contribution in [1.82, 2.24) is 15.1 Å². The Morgan fingerprint density at radius 1 is 1.45 bits per heavy atom. The molecule has 1 unspecified atom stereocenters. The molecule has 2 rings (SSSR count). The predicted molar refractivity (Wildman–Crippen MR) is 86.7 cm³/mol. The summed E-state index contributed by atoms with van der Waals surface area (Å²) >= 11 is 8.17. The summed E-state index contributed by atoms with van der Waals surface area (Å²) in [6.45, 7) is 7.43. The van der Waals surface area contributed by atoms with Crippen molar-refractivity contribution in [3.63, 3.8) is 0 Å². The van der Waals surface area contributed by atoms with Crippen LogP contribution in [0.1, 0.15) is 49.8 Å². The molecule has 0 aliphatic rings. The molecule has 0 aliphatic carbocycles. The summed E-state index contributed by atoms with van der Waals surface area (Å²) in [7, 11) is 0. The second kappa shape index (κ2) is 7.25. The number of aromatic nitrogens is 2. The molecular formula is C15H22ClN3S. The molecule has 0 amide bonds. The standard InChI is InChI=1S/C15H22ClN3S/c1-4-7-17-14(9-12-6-5-8-20-12)15-13(16)10-18-19(15)11(2)3/h5-6,8,10-11,14,17H,4,7,9H2,1-3H3. The Labute approximate surface area is 130 Å². The van der Waals surface area contributed by atoms with E-state index in [1.54, 1.807) is 17.5 Å². The summed E-state index contributed by atoms with van der Waals surface area (Å²) in [4.78, 5) is 1.37. The summed E-state index contributed by atoms with van der Waals surface area (Å²) in [6, 6.07) is 4.80. The molecule has 3 nitrogen and oxygen atoms in total. The lowest BCUT2D eigenvalue weighted by molar-refractivity contribution is 0.443. The minimum atomic E-state index is 0.214. The normalized spacial score (nSPS) is 13.1. The molecule has 1 atom stereocenters. The van der Waals surface area contributed by atoms with Gasteiger partial charge in [0.05, 0.1) is 23.0 Å². The average molecular weight is 312 g/mol. The minimum absolute atomic E-state index is 0.214. The second-order valence-corrected chi connectivity index (χ2v) is 6.65. The van der Waals surface area contributed by atoms with Crippen molar-refractivity contribution in [1.29, 1.82) is 0 Å². The largest absolute Gasteiger partial charge is 0.308 e. The van der Waals surface area contributed by atoms with E-state index >= 15 is 0 Å². The first-order valence-corrected chi connectivity index (χ1v) is 8.37. The zero-order chi connectivity index (χ0) is 14.5. The van der Waals surface area contributed by atoms with Crippen LogP contribution in [-0.4, -0.2) is 16.3 Å². The van der Waals surface area contributed by atoms with E-state index in [9.17, 15) is 0 Å². The lowest BCUT2D eigenvalue weighted by atomic mass is 10.1. The fraction of sp³-hybridized carbons (Fsp3) is 0.533. The average Bonchev–Trinajstić information content (AvgIpc) is 3.04. The number of thiophene rings is 1. The summed E-state index contributed by atoms with van der Waals surface area (Å²) in [5.41, 5.74) is 1.10. The molecule has 0 radical (unpaired) electrons. The maximum absolute atomic E-state index is 6.38. The fourth-order valence-electron chi connectivity index (χ4n) is 2.30. The SMILES string of the molecule is CCCNC(Cc1cccs1)c1c(Cl)cnn1C(C)C. The van der Waals surface area contributed by atoms with Crippen LogP contribution in [0, 0.1) is 0 Å². The molecule has 0 aromatic carbocycles. The van der Waals surface area contributed by atoms with Crippen molar-refractivity contribution in [2.45, 2.75) is 45.7 Å². The van der Waals surface area contributed by atoms with E-state index in [-0.39, 0.29) is 6.04 Å². The van der Waals surface area contributed by atoms with Gasteiger partial charge in [0, 0.05) is 17.3 Å². The Balaban J connectivity index is 2.28. The molecule has 2 aromatic heterocycles. The molecule has 0 aliphatic heterocycles. The van der Waals surface area contributed by atoms with Gasteiger partial charge in [-0.1, -0.05) is 24.6 Å². The summed E-state index contributed by atoms with van der Waals surface area (Å²) in [6.07, 6.45) is 3.82. The molecule has 2 heterocycles. The smallest absolute Gasteiger partial charge is 0.0834 e. The lowest BCUT2D eigenvalue weighted by Gasteiger charge is -2.21. The Morgan fingerprint density at radius 3 is 2.85 bits per heavy atom. The van der Waals surface area contributed by atoms with E-state index in [2.05, 4.69) is 48.7 Å². The zero-order valence-electron chi connectivity index (χ0n) is 12.3. The highest BCUT2D eigenvalue weighted by Gasteiger charge is 2.21. The molecule has 110 valence electrons. The molecule has 5 heteroatoms. The van der Waals surface area contributed by atoms with Crippen molar-refractivity contribution < 1.29 is 0 Å². The summed E-state index contributed by atoms with van der Waals surface area (Å²) in [5, 5.41) is 10.9. The third-order valence-electron chi connectivity index (χ3n) is 3.23. The monoisotopic (exact) mass is 311 g/mol. The molecule has 0 fully saturated rings. The fourth-order valence-corrected chi connectivity index (χ4v) is 3.32. The quantitative estimate of drug-likeness (QED) is 0.818. The van der Waals surface area contributed by atoms with Crippen LogP contribution < -0.4 is 5.32 Å². The Morgan fingerprint density at radius 2 is 2.25 bits per heavy atom. The summed E-state index contributed by atoms with van der Waals surface area (Å²) in [5.74, 6) is 0. The van der Waals surface area contributed by atoms with E-state index in [1.165, 1.54) is 4.88 Å². The van der Waals surface area contributed by atoms with Crippen molar-refractivity contribution in [2.75, 3.05) is 6.54 Å². The van der Waals surface area contributed by atoms with Gasteiger partial charge in [-0.25, -0.2) is 0 Å². The molecule has 0 bridgehead atoms. The van der Waals surface area contributed by atoms with Crippen molar-refractivity contribution in [2.24, 2.45) is 0 Å². The predicted octanol–water partition coefficient (Wildman–Crippen LogP) is 4.46. The Kier molecular flexibility index (Phi) is 5.64. The van der Waals surface area contributed by atoms with Gasteiger partial charge >= 0.3 is 0 Å². The van der Waals surface area contributed by atoms with Gasteiger partial charge in [0.1, 0.15) is 0 Å². The van der Waals surface area contributed by atoms with Gasteiger partial charge < -0.3 is 5.32 Å². The van der Waals surface area contributed by atoms with E-state index in [1.807, 2.05) is 4.68 Å². The van der Waals surface area contributed by atoms with Crippen LogP contribution in [0.25, 0.3) is 0 Å². The first-order valence-electron chi connectivity index (χ1n) is 7.12. The van der Waals surface area contributed by atoms with Crippen LogP contribution >= 0.6 is 22.9 Å². The lowest BCUT2D eigenvalue weighted by Crippen LogP contribution is -2.27. The highest BCUT2D eigenvalue weighted by molar-refractivity contribution is 7.09. The van der Waals surface area contributed by atoms with Gasteiger partial charge in [-0.15, -0.1) is 11.3 Å². The maximum atomic E-state index is 6.38. The second-order valence-electron chi connectivity index (χ2n) is 5.21. The van der Waals surface area contributed by atoms with Crippen molar-refractivity contribution in [3.8, 4) is 0 Å². The Bertz CT molecular complexity index is 519. The highest BCUT2D eigenvalue weighted by atomic mass is 35.5. The number of rotatable bonds is 7. The van der Waals surface area contributed by atoms with Crippen molar-refractivity contribution >= 4 is 22.9 Å². The van der Waals surface area contributed by atoms with Gasteiger partial charge in [-0.2, -0.15) is 5.10 Å². The molecule has 0 spiro atoms. The van der Waals surface area contributed by atoms with Crippen LogP contribution in [-0.2, 0) is 6.42 Å². The third kappa shape index (κ3) is 3.62. The van der Waals surface area contributed by atoms with Gasteiger partial charge in [0.25, 0.3) is 0 Å². The van der Waals surface area contributed by atoms with E-state index in [4.69, 9.17) is 11.6 Å². The number of nitrogens with one attached hydrogen (secondary N) is 1. The number of hydrogen-bond acceptors (Lipinski definition) is 3. The molecule has 1 N–H and O–H groups in total. The van der Waals surface area contributed by atoms with Crippen molar-refractivity contribution in [3.05, 3.63) is 39.3 Å². The maximum Gasteiger partial charge on any atom is 0.0834 e. The van der Waals surface area contributed by atoms with E-state index < -0.39 is 0 Å². The van der Waals surface area contributed by atoms with Crippen LogP contribution in [0.2, 0.25) is 5.02 Å². The van der Waals surface area contributed by atoms with E-state index in [0.29, 0.717) is 6.04 Å². The third-order valence-corrected chi connectivity index (χ3v) is 4.42. The molecular weight excluding hydrogens is 290 g/mol. The van der Waals surface area contributed by atoms with Gasteiger partial charge in [-0.3, -0.25) is 4.68 Å². The minimum Gasteiger partial charge on any atom is -0.308 e. The molecule has 2 aromatic rings. The number of halogens is 1. The topological polar surface area (TPSA) is 29.9 Å². The van der Waals surface area contributed by atoms with Crippen LogP contribution in [0.4, 0.5) is 0 Å². The zero-order valence-corrected chi connectivity index (χ0v) is 13.8. The van der Waals surface area contributed by atoms with E-state index in [0.717, 1.165) is 30.1 Å². The van der Waals surface area contributed by atoms with Crippen LogP contribution in [0.5, 0.6) is 0 Å². The molecule has 0 saturated carbocycles. The Hall–Kier alpha value is -0.840. The molecule has 20 heavy (non-hydrogen) atoms. The summed E-state index contributed by atoms with van der Waals surface area (Å²) < 4.78 is 2.03. The number of nitrogens with zero attached hydrogens (tertiary/aromatic N) is 2. The number of hydrogen-bond donors (Lipinski definition) is 1. The first kappa shape index (κ1) is 15.5. The van der Waals surface area contributed by atoms with Crippen LogP contribution in [0.3, 0.4) is 0 Å². The van der Waals surface area contributed by atoms with Gasteiger partial charge in [-0.05, 0) is 38.3 Å². The van der Waals surface area contributed by atoms with Gasteiger partial charge in [0.15, 0.2) is 0 Å².